The van der Waals surface area contributed by atoms with Gasteiger partial charge in [0.1, 0.15) is 12.4 Å². The molecule has 12 heavy (non-hydrogen) atoms. The third-order valence-electron chi connectivity index (χ3n) is 0.954. The van der Waals surface area contributed by atoms with Crippen molar-refractivity contribution in [3.8, 4) is 0 Å². The van der Waals surface area contributed by atoms with Crippen molar-refractivity contribution in [1.82, 2.24) is 20.6 Å². The molecule has 0 bridgehead atoms. The molecule has 2 aromatic rings. The van der Waals surface area contributed by atoms with Crippen LogP contribution in [0.25, 0.3) is 0 Å². The van der Waals surface area contributed by atoms with E-state index in [1.165, 1.54) is 12.4 Å². The molecule has 0 unspecified atom stereocenters. The number of azo groups is 1. The smallest absolute Gasteiger partial charge is 0.237 e. The summed E-state index contributed by atoms with van der Waals surface area (Å²) in [6, 6.07) is 0. The van der Waals surface area contributed by atoms with Crippen LogP contribution in [-0.4, -0.2) is 20.6 Å². The van der Waals surface area contributed by atoms with Crippen molar-refractivity contribution >= 4 is 11.6 Å². The minimum absolute atomic E-state index is 0.262. The largest absolute Gasteiger partial charge is 0.242 e. The van der Waals surface area contributed by atoms with Gasteiger partial charge in [0.05, 0.1) is 0 Å². The zero-order valence-corrected chi connectivity index (χ0v) is 5.65. The average molecular weight is 166 g/mol. The van der Waals surface area contributed by atoms with E-state index < -0.39 is 0 Å². The van der Waals surface area contributed by atoms with Crippen LogP contribution in [0.3, 0.4) is 0 Å². The van der Waals surface area contributed by atoms with Crippen LogP contribution in [0.15, 0.2) is 31.9 Å². The molecule has 0 radical (unpaired) electrons. The van der Waals surface area contributed by atoms with Gasteiger partial charge >= 0.3 is 0 Å². The van der Waals surface area contributed by atoms with Gasteiger partial charge in [-0.1, -0.05) is 10.3 Å². The Hall–Kier alpha value is -2.12. The Morgan fingerprint density at radius 3 is 1.75 bits per heavy atom. The molecular weight excluding hydrogens is 164 g/mol. The monoisotopic (exact) mass is 166 g/mol. The first-order chi connectivity index (χ1) is 5.95. The molecule has 0 atom stereocenters. The highest BCUT2D eigenvalue weighted by Crippen LogP contribution is 2.10. The molecule has 60 valence electrons. The van der Waals surface area contributed by atoms with Crippen LogP contribution in [0, 0.1) is 0 Å². The van der Waals surface area contributed by atoms with Crippen LogP contribution in [0.4, 0.5) is 11.6 Å². The van der Waals surface area contributed by atoms with Crippen molar-refractivity contribution in [1.29, 1.82) is 0 Å². The quantitative estimate of drug-likeness (QED) is 0.613. The van der Waals surface area contributed by atoms with Gasteiger partial charge in [0.2, 0.25) is 11.6 Å². The maximum Gasteiger partial charge on any atom is 0.237 e. The Kier molecular flexibility index (Phi) is 1.57. The molecule has 0 N–H and O–H groups in total. The predicted octanol–water partition coefficient (Wildman–Crippen LogP) is 0.868. The minimum atomic E-state index is 0.262. The Bertz CT molecular complexity index is 315. The van der Waals surface area contributed by atoms with Gasteiger partial charge in [-0.25, -0.2) is 9.26 Å². The van der Waals surface area contributed by atoms with Gasteiger partial charge < -0.3 is 0 Å². The van der Waals surface area contributed by atoms with Crippen molar-refractivity contribution in [2.75, 3.05) is 0 Å². The van der Waals surface area contributed by atoms with E-state index in [2.05, 4.69) is 40.1 Å². The van der Waals surface area contributed by atoms with Gasteiger partial charge in [-0.2, -0.15) is 0 Å². The second kappa shape index (κ2) is 2.86. The van der Waals surface area contributed by atoms with E-state index in [1.54, 1.807) is 0 Å². The van der Waals surface area contributed by atoms with Crippen LogP contribution in [0.1, 0.15) is 0 Å². The Morgan fingerprint density at radius 1 is 0.917 bits per heavy atom. The topological polar surface area (TPSA) is 103 Å². The lowest BCUT2D eigenvalue weighted by Crippen LogP contribution is -1.60. The van der Waals surface area contributed by atoms with Crippen LogP contribution in [0.5, 0.6) is 0 Å². The Balaban J connectivity index is 2.14. The molecule has 2 aromatic heterocycles. The molecule has 0 fully saturated rings. The first-order valence-electron chi connectivity index (χ1n) is 2.92. The molecule has 2 heterocycles. The average Bonchev–Trinajstić information content (AvgIpc) is 2.74. The molecule has 0 saturated heterocycles. The van der Waals surface area contributed by atoms with Crippen LogP contribution >= 0.6 is 0 Å². The molecular formula is C4H2N6O2. The Labute approximate surface area is 65.2 Å². The molecule has 0 spiro atoms. The number of aromatic nitrogens is 4. The maximum absolute atomic E-state index is 4.27. The molecule has 0 aliphatic heterocycles. The van der Waals surface area contributed by atoms with E-state index in [0.717, 1.165) is 0 Å². The summed E-state index contributed by atoms with van der Waals surface area (Å²) in [6.07, 6.45) is 2.63. The van der Waals surface area contributed by atoms with Crippen LogP contribution in [0.2, 0.25) is 0 Å². The summed E-state index contributed by atoms with van der Waals surface area (Å²) in [4.78, 5) is 0. The molecule has 0 aromatic carbocycles. The SMILES string of the molecule is c1nonc1N=Nc1cnon1. The molecule has 8 heteroatoms. The zero-order valence-electron chi connectivity index (χ0n) is 5.65. The maximum atomic E-state index is 4.27. The van der Waals surface area contributed by atoms with E-state index >= 15 is 0 Å². The minimum Gasteiger partial charge on any atom is -0.242 e. The van der Waals surface area contributed by atoms with E-state index in [9.17, 15) is 0 Å². The summed E-state index contributed by atoms with van der Waals surface area (Å²) in [5.74, 6) is 0.524. The van der Waals surface area contributed by atoms with Crippen LogP contribution < -0.4 is 0 Å². The van der Waals surface area contributed by atoms with E-state index in [1.807, 2.05) is 0 Å². The fraction of sp³-hybridized carbons (Fsp3) is 0. The molecule has 0 amide bonds. The molecule has 0 aliphatic carbocycles. The van der Waals surface area contributed by atoms with Gasteiger partial charge in [0.25, 0.3) is 0 Å². The summed E-state index contributed by atoms with van der Waals surface area (Å²) in [6.45, 7) is 0. The highest BCUT2D eigenvalue weighted by Gasteiger charge is 1.95. The summed E-state index contributed by atoms with van der Waals surface area (Å²) < 4.78 is 8.54. The summed E-state index contributed by atoms with van der Waals surface area (Å²) in [5, 5.41) is 20.6. The highest BCUT2D eigenvalue weighted by atomic mass is 16.6. The van der Waals surface area contributed by atoms with E-state index in [0.29, 0.717) is 0 Å². The second-order valence-electron chi connectivity index (χ2n) is 1.73. The number of hydrogen-bond donors (Lipinski definition) is 0. The van der Waals surface area contributed by atoms with Gasteiger partial charge in [-0.05, 0) is 10.3 Å². The zero-order chi connectivity index (χ0) is 8.23. The molecule has 8 nitrogen and oxygen atoms in total. The third kappa shape index (κ3) is 1.31. The second-order valence-corrected chi connectivity index (χ2v) is 1.73. The van der Waals surface area contributed by atoms with Crippen molar-refractivity contribution < 1.29 is 9.26 Å². The third-order valence-corrected chi connectivity index (χ3v) is 0.954. The summed E-state index contributed by atoms with van der Waals surface area (Å²) in [7, 11) is 0. The first kappa shape index (κ1) is 6.58. The molecule has 0 saturated carbocycles. The van der Waals surface area contributed by atoms with Crippen LogP contribution in [-0.2, 0) is 0 Å². The molecule has 0 aliphatic rings. The lowest BCUT2D eigenvalue weighted by atomic mass is 10.8. The van der Waals surface area contributed by atoms with Crippen molar-refractivity contribution in [2.24, 2.45) is 10.2 Å². The van der Waals surface area contributed by atoms with E-state index in [-0.39, 0.29) is 11.6 Å². The van der Waals surface area contributed by atoms with Crippen molar-refractivity contribution in [3.05, 3.63) is 12.4 Å². The normalized spacial score (nSPS) is 11.0. The molecule has 2 rings (SSSR count). The predicted molar refractivity (Wildman–Crippen MR) is 32.8 cm³/mol. The van der Waals surface area contributed by atoms with Crippen molar-refractivity contribution in [2.45, 2.75) is 0 Å². The summed E-state index contributed by atoms with van der Waals surface area (Å²) >= 11 is 0. The van der Waals surface area contributed by atoms with Gasteiger partial charge in [-0.3, -0.25) is 0 Å². The standard InChI is InChI=1S/C4H2N6O2/c1-3(9-11-5-1)7-8-4-2-6-12-10-4/h1-2H. The van der Waals surface area contributed by atoms with Gasteiger partial charge in [-0.15, -0.1) is 10.2 Å². The fourth-order valence-corrected chi connectivity index (χ4v) is 0.510. The lowest BCUT2D eigenvalue weighted by molar-refractivity contribution is 0.307. The van der Waals surface area contributed by atoms with Crippen molar-refractivity contribution in [3.63, 3.8) is 0 Å². The lowest BCUT2D eigenvalue weighted by Gasteiger charge is -1.74. The number of nitrogens with zero attached hydrogens (tertiary/aromatic N) is 6. The van der Waals surface area contributed by atoms with E-state index in [4.69, 9.17) is 0 Å². The van der Waals surface area contributed by atoms with Gasteiger partial charge in [0.15, 0.2) is 0 Å². The fourth-order valence-electron chi connectivity index (χ4n) is 0.510. The summed E-state index contributed by atoms with van der Waals surface area (Å²) in [5.41, 5.74) is 0. The Morgan fingerprint density at radius 2 is 1.42 bits per heavy atom. The number of hydrogen-bond acceptors (Lipinski definition) is 8. The number of rotatable bonds is 2. The first-order valence-corrected chi connectivity index (χ1v) is 2.92. The van der Waals surface area contributed by atoms with Gasteiger partial charge in [0, 0.05) is 0 Å². The highest BCUT2D eigenvalue weighted by molar-refractivity contribution is 5.21.